The first-order chi connectivity index (χ1) is 9.15. The molecule has 0 saturated carbocycles. The number of nitrogens with two attached hydrogens (primary N) is 1. The van der Waals surface area contributed by atoms with E-state index in [4.69, 9.17) is 5.73 Å². The molecule has 1 aromatic heterocycles. The Kier molecular flexibility index (Phi) is 3.03. The van der Waals surface area contributed by atoms with Gasteiger partial charge in [-0.2, -0.15) is 0 Å². The minimum absolute atomic E-state index is 0.117. The summed E-state index contributed by atoms with van der Waals surface area (Å²) < 4.78 is 0. The van der Waals surface area contributed by atoms with Crippen LogP contribution in [-0.4, -0.2) is 34.9 Å². The van der Waals surface area contributed by atoms with Gasteiger partial charge < -0.3 is 15.6 Å². The van der Waals surface area contributed by atoms with Crippen LogP contribution in [0.4, 0.5) is 0 Å². The van der Waals surface area contributed by atoms with E-state index in [1.165, 1.54) is 0 Å². The van der Waals surface area contributed by atoms with Gasteiger partial charge in [0.2, 0.25) is 0 Å². The normalized spacial score (nSPS) is 20.9. The molecule has 1 saturated heterocycles. The molecule has 2 atom stereocenters. The molecule has 1 aliphatic rings. The Morgan fingerprint density at radius 2 is 2.32 bits per heavy atom. The first-order valence-corrected chi connectivity index (χ1v) is 6.77. The first-order valence-electron chi connectivity index (χ1n) is 6.77. The zero-order valence-electron chi connectivity index (χ0n) is 11.1. The highest BCUT2D eigenvalue weighted by atomic mass is 16.2. The van der Waals surface area contributed by atoms with Crippen LogP contribution >= 0.6 is 0 Å². The van der Waals surface area contributed by atoms with Crippen molar-refractivity contribution in [3.63, 3.8) is 0 Å². The van der Waals surface area contributed by atoms with Crippen molar-refractivity contribution in [1.29, 1.82) is 0 Å². The molecule has 3 N–H and O–H groups in total. The van der Waals surface area contributed by atoms with E-state index >= 15 is 0 Å². The largest absolute Gasteiger partial charge is 0.361 e. The second kappa shape index (κ2) is 4.70. The Morgan fingerprint density at radius 3 is 3.05 bits per heavy atom. The molecule has 2 unspecified atom stereocenters. The number of hydrogen-bond donors (Lipinski definition) is 2. The quantitative estimate of drug-likeness (QED) is 0.864. The lowest BCUT2D eigenvalue weighted by atomic mass is 10.0. The predicted molar refractivity (Wildman–Crippen MR) is 76.0 cm³/mol. The number of carbonyl (C=O) groups is 1. The van der Waals surface area contributed by atoms with Crippen LogP contribution in [0.1, 0.15) is 23.7 Å². The SMILES string of the molecule is CC(N)C1CCN(C(=O)c2ccc3[nH]ccc3c2)C1. The fourth-order valence-corrected chi connectivity index (χ4v) is 2.77. The summed E-state index contributed by atoms with van der Waals surface area (Å²) in [5, 5.41) is 1.08. The molecule has 0 aliphatic carbocycles. The number of rotatable bonds is 2. The number of amides is 1. The molecule has 19 heavy (non-hydrogen) atoms. The molecule has 1 aliphatic heterocycles. The Labute approximate surface area is 112 Å². The second-order valence-electron chi connectivity index (χ2n) is 5.44. The number of H-pyrrole nitrogens is 1. The van der Waals surface area contributed by atoms with Crippen molar-refractivity contribution in [2.45, 2.75) is 19.4 Å². The predicted octanol–water partition coefficient (Wildman–Crippen LogP) is 1.98. The van der Waals surface area contributed by atoms with E-state index in [9.17, 15) is 4.79 Å². The third kappa shape index (κ3) is 2.24. The van der Waals surface area contributed by atoms with Crippen molar-refractivity contribution in [3.8, 4) is 0 Å². The second-order valence-corrected chi connectivity index (χ2v) is 5.44. The Hall–Kier alpha value is -1.81. The monoisotopic (exact) mass is 257 g/mol. The van der Waals surface area contributed by atoms with E-state index in [1.54, 1.807) is 0 Å². The maximum absolute atomic E-state index is 12.5. The van der Waals surface area contributed by atoms with Crippen LogP contribution in [-0.2, 0) is 0 Å². The lowest BCUT2D eigenvalue weighted by molar-refractivity contribution is 0.0786. The smallest absolute Gasteiger partial charge is 0.253 e. The zero-order valence-corrected chi connectivity index (χ0v) is 11.1. The average Bonchev–Trinajstić information content (AvgIpc) is 3.06. The van der Waals surface area contributed by atoms with Gasteiger partial charge in [0.25, 0.3) is 5.91 Å². The van der Waals surface area contributed by atoms with Crippen molar-refractivity contribution in [2.75, 3.05) is 13.1 Å². The van der Waals surface area contributed by atoms with Crippen molar-refractivity contribution < 1.29 is 4.79 Å². The maximum Gasteiger partial charge on any atom is 0.253 e. The molecule has 0 bridgehead atoms. The van der Waals surface area contributed by atoms with Crippen molar-refractivity contribution in [1.82, 2.24) is 9.88 Å². The molecule has 1 aromatic carbocycles. The molecule has 2 aromatic rings. The minimum atomic E-state index is 0.117. The van der Waals surface area contributed by atoms with Crippen molar-refractivity contribution in [2.24, 2.45) is 11.7 Å². The van der Waals surface area contributed by atoms with Crippen LogP contribution in [0.15, 0.2) is 30.5 Å². The number of hydrogen-bond acceptors (Lipinski definition) is 2. The van der Waals surface area contributed by atoms with Gasteiger partial charge in [-0.25, -0.2) is 0 Å². The summed E-state index contributed by atoms with van der Waals surface area (Å²) in [7, 11) is 0. The Morgan fingerprint density at radius 1 is 1.47 bits per heavy atom. The highest BCUT2D eigenvalue weighted by Crippen LogP contribution is 2.22. The number of aromatic amines is 1. The molecule has 3 rings (SSSR count). The van der Waals surface area contributed by atoms with Crippen LogP contribution in [0.3, 0.4) is 0 Å². The summed E-state index contributed by atoms with van der Waals surface area (Å²) in [5.74, 6) is 0.547. The number of carbonyl (C=O) groups excluding carboxylic acids is 1. The fourth-order valence-electron chi connectivity index (χ4n) is 2.77. The summed E-state index contributed by atoms with van der Waals surface area (Å²) in [6, 6.07) is 7.95. The lowest BCUT2D eigenvalue weighted by Crippen LogP contribution is -2.32. The molecular formula is C15H19N3O. The number of likely N-dealkylation sites (tertiary alicyclic amines) is 1. The summed E-state index contributed by atoms with van der Waals surface area (Å²) in [6.45, 7) is 3.61. The van der Waals surface area contributed by atoms with E-state index in [2.05, 4.69) is 4.98 Å². The number of benzene rings is 1. The van der Waals surface area contributed by atoms with E-state index in [0.717, 1.165) is 36.0 Å². The Balaban J connectivity index is 1.80. The fraction of sp³-hybridized carbons (Fsp3) is 0.400. The average molecular weight is 257 g/mol. The molecule has 2 heterocycles. The molecule has 1 fully saturated rings. The van der Waals surface area contributed by atoms with Gasteiger partial charge in [0.1, 0.15) is 0 Å². The highest BCUT2D eigenvalue weighted by Gasteiger charge is 2.28. The lowest BCUT2D eigenvalue weighted by Gasteiger charge is -2.18. The summed E-state index contributed by atoms with van der Waals surface area (Å²) >= 11 is 0. The van der Waals surface area contributed by atoms with Gasteiger partial charge in [-0.05, 0) is 43.5 Å². The maximum atomic E-state index is 12.5. The van der Waals surface area contributed by atoms with Crippen LogP contribution in [0.2, 0.25) is 0 Å². The van der Waals surface area contributed by atoms with Gasteiger partial charge in [0, 0.05) is 41.8 Å². The van der Waals surface area contributed by atoms with Crippen LogP contribution < -0.4 is 5.73 Å². The first kappa shape index (κ1) is 12.2. The number of nitrogens with one attached hydrogen (secondary N) is 1. The summed E-state index contributed by atoms with van der Waals surface area (Å²) in [6.07, 6.45) is 2.90. The van der Waals surface area contributed by atoms with Gasteiger partial charge in [0.15, 0.2) is 0 Å². The number of fused-ring (bicyclic) bond motifs is 1. The van der Waals surface area contributed by atoms with Gasteiger partial charge in [-0.1, -0.05) is 0 Å². The molecule has 0 spiro atoms. The molecule has 100 valence electrons. The zero-order chi connectivity index (χ0) is 13.4. The van der Waals surface area contributed by atoms with Gasteiger partial charge in [0.05, 0.1) is 0 Å². The van der Waals surface area contributed by atoms with Gasteiger partial charge >= 0.3 is 0 Å². The molecule has 4 nitrogen and oxygen atoms in total. The summed E-state index contributed by atoms with van der Waals surface area (Å²) in [5.41, 5.74) is 7.74. The van der Waals surface area contributed by atoms with Gasteiger partial charge in [-0.3, -0.25) is 4.79 Å². The molecular weight excluding hydrogens is 238 g/mol. The number of aromatic nitrogens is 1. The molecule has 1 amide bonds. The third-order valence-electron chi connectivity index (χ3n) is 4.06. The Bertz CT molecular complexity index is 602. The third-order valence-corrected chi connectivity index (χ3v) is 4.06. The molecule has 4 heteroatoms. The van der Waals surface area contributed by atoms with Crippen LogP contribution in [0, 0.1) is 5.92 Å². The molecule has 0 radical (unpaired) electrons. The number of nitrogens with zero attached hydrogens (tertiary/aromatic N) is 1. The van der Waals surface area contributed by atoms with E-state index in [-0.39, 0.29) is 11.9 Å². The summed E-state index contributed by atoms with van der Waals surface area (Å²) in [4.78, 5) is 17.5. The van der Waals surface area contributed by atoms with E-state index in [1.807, 2.05) is 42.3 Å². The van der Waals surface area contributed by atoms with Crippen LogP contribution in [0.25, 0.3) is 10.9 Å². The van der Waals surface area contributed by atoms with Gasteiger partial charge in [-0.15, -0.1) is 0 Å². The minimum Gasteiger partial charge on any atom is -0.361 e. The van der Waals surface area contributed by atoms with Crippen molar-refractivity contribution >= 4 is 16.8 Å². The van der Waals surface area contributed by atoms with Crippen LogP contribution in [0.5, 0.6) is 0 Å². The topological polar surface area (TPSA) is 62.1 Å². The van der Waals surface area contributed by atoms with E-state index in [0.29, 0.717) is 5.92 Å². The highest BCUT2D eigenvalue weighted by molar-refractivity contribution is 5.98. The standard InChI is InChI=1S/C15H19N3O/c1-10(16)13-5-7-18(9-13)15(19)12-2-3-14-11(8-12)4-6-17-14/h2-4,6,8,10,13,17H,5,7,9,16H2,1H3. The van der Waals surface area contributed by atoms with E-state index < -0.39 is 0 Å². The van der Waals surface area contributed by atoms with Crippen molar-refractivity contribution in [3.05, 3.63) is 36.0 Å².